The predicted molar refractivity (Wildman–Crippen MR) is 67.6 cm³/mol. The lowest BCUT2D eigenvalue weighted by atomic mass is 10.0. The smallest absolute Gasteiger partial charge is 0.00105 e. The molecule has 0 atom stereocenters. The van der Waals surface area contributed by atoms with E-state index in [2.05, 4.69) is 10.2 Å². The average Bonchev–Trinajstić information content (AvgIpc) is 3.18. The van der Waals surface area contributed by atoms with E-state index in [1.165, 1.54) is 77.7 Å². The van der Waals surface area contributed by atoms with E-state index in [0.29, 0.717) is 0 Å². The Kier molecular flexibility index (Phi) is 3.21. The highest BCUT2D eigenvalue weighted by Gasteiger charge is 2.52. The fourth-order valence-electron chi connectivity index (χ4n) is 3.36. The Hall–Kier alpha value is -0.0800. The summed E-state index contributed by atoms with van der Waals surface area (Å²) in [5.41, 5.74) is 0.785. The lowest BCUT2D eigenvalue weighted by molar-refractivity contribution is 0.325. The van der Waals surface area contributed by atoms with Crippen LogP contribution in [0.4, 0.5) is 0 Å². The summed E-state index contributed by atoms with van der Waals surface area (Å²) >= 11 is 0. The molecule has 2 heteroatoms. The molecule has 0 amide bonds. The van der Waals surface area contributed by atoms with Crippen molar-refractivity contribution in [1.82, 2.24) is 10.2 Å². The van der Waals surface area contributed by atoms with E-state index in [4.69, 9.17) is 0 Å². The van der Waals surface area contributed by atoms with Crippen molar-refractivity contribution in [3.63, 3.8) is 0 Å². The summed E-state index contributed by atoms with van der Waals surface area (Å²) < 4.78 is 0. The molecule has 3 aliphatic rings. The van der Waals surface area contributed by atoms with Gasteiger partial charge in [0.15, 0.2) is 0 Å². The Morgan fingerprint density at radius 1 is 1.12 bits per heavy atom. The molecule has 1 saturated heterocycles. The Bertz CT molecular complexity index is 225. The van der Waals surface area contributed by atoms with E-state index in [9.17, 15) is 0 Å². The highest BCUT2D eigenvalue weighted by atomic mass is 15.1. The molecule has 0 radical (unpaired) electrons. The molecule has 0 aromatic heterocycles. The van der Waals surface area contributed by atoms with Crippen LogP contribution < -0.4 is 5.32 Å². The van der Waals surface area contributed by atoms with Gasteiger partial charge in [0.1, 0.15) is 0 Å². The van der Waals surface area contributed by atoms with Gasteiger partial charge in [-0.05, 0) is 82.5 Å². The van der Waals surface area contributed by atoms with Crippen LogP contribution in [0, 0.1) is 11.3 Å². The van der Waals surface area contributed by atoms with Gasteiger partial charge in [-0.15, -0.1) is 0 Å². The first-order chi connectivity index (χ1) is 7.89. The molecular weight excluding hydrogens is 196 g/mol. The van der Waals surface area contributed by atoms with Crippen molar-refractivity contribution in [2.75, 3.05) is 32.7 Å². The third-order valence-electron chi connectivity index (χ3n) is 4.84. The first-order valence-electron chi connectivity index (χ1n) is 7.32. The minimum Gasteiger partial charge on any atom is -0.316 e. The fourth-order valence-corrected chi connectivity index (χ4v) is 3.36. The summed E-state index contributed by atoms with van der Waals surface area (Å²) in [6, 6.07) is 0. The summed E-state index contributed by atoms with van der Waals surface area (Å²) in [5.74, 6) is 1.11. The SMILES string of the molecule is C1CCN(CCCNCC2(C3CC3)CC2)C1. The largest absolute Gasteiger partial charge is 0.316 e. The molecule has 92 valence electrons. The maximum atomic E-state index is 3.71. The van der Waals surface area contributed by atoms with Gasteiger partial charge in [-0.2, -0.15) is 0 Å². The Balaban J connectivity index is 1.24. The molecule has 3 fully saturated rings. The van der Waals surface area contributed by atoms with E-state index in [0.717, 1.165) is 11.3 Å². The van der Waals surface area contributed by atoms with Gasteiger partial charge in [-0.1, -0.05) is 0 Å². The van der Waals surface area contributed by atoms with Crippen LogP contribution in [0.1, 0.15) is 44.9 Å². The maximum absolute atomic E-state index is 3.71. The summed E-state index contributed by atoms with van der Waals surface area (Å²) in [6.45, 7) is 6.59. The average molecular weight is 222 g/mol. The van der Waals surface area contributed by atoms with Gasteiger partial charge in [0.05, 0.1) is 0 Å². The quantitative estimate of drug-likeness (QED) is 0.665. The fraction of sp³-hybridized carbons (Fsp3) is 1.00. The van der Waals surface area contributed by atoms with Gasteiger partial charge in [0.25, 0.3) is 0 Å². The molecule has 16 heavy (non-hydrogen) atoms. The van der Waals surface area contributed by atoms with Crippen molar-refractivity contribution in [3.8, 4) is 0 Å². The van der Waals surface area contributed by atoms with Crippen LogP contribution in [0.2, 0.25) is 0 Å². The molecule has 1 aliphatic heterocycles. The molecule has 0 aromatic carbocycles. The summed E-state index contributed by atoms with van der Waals surface area (Å²) in [5, 5.41) is 3.71. The Morgan fingerprint density at radius 2 is 1.88 bits per heavy atom. The molecule has 2 aliphatic carbocycles. The van der Waals surface area contributed by atoms with E-state index < -0.39 is 0 Å². The summed E-state index contributed by atoms with van der Waals surface area (Å²) in [6.07, 6.45) is 10.3. The van der Waals surface area contributed by atoms with Gasteiger partial charge in [0.2, 0.25) is 0 Å². The van der Waals surface area contributed by atoms with Gasteiger partial charge < -0.3 is 10.2 Å². The molecule has 2 saturated carbocycles. The zero-order valence-corrected chi connectivity index (χ0v) is 10.5. The van der Waals surface area contributed by atoms with E-state index in [1.807, 2.05) is 0 Å². The summed E-state index contributed by atoms with van der Waals surface area (Å²) in [4.78, 5) is 2.62. The minimum atomic E-state index is 0.785. The van der Waals surface area contributed by atoms with Gasteiger partial charge in [-0.25, -0.2) is 0 Å². The molecule has 2 nitrogen and oxygen atoms in total. The van der Waals surface area contributed by atoms with Crippen molar-refractivity contribution in [3.05, 3.63) is 0 Å². The zero-order valence-electron chi connectivity index (χ0n) is 10.5. The second-order valence-electron chi connectivity index (χ2n) is 6.22. The van der Waals surface area contributed by atoms with Crippen LogP contribution in [0.3, 0.4) is 0 Å². The number of hydrogen-bond acceptors (Lipinski definition) is 2. The molecule has 0 spiro atoms. The van der Waals surface area contributed by atoms with Crippen LogP contribution in [0.25, 0.3) is 0 Å². The monoisotopic (exact) mass is 222 g/mol. The van der Waals surface area contributed by atoms with Crippen molar-refractivity contribution >= 4 is 0 Å². The van der Waals surface area contributed by atoms with Crippen LogP contribution in [0.15, 0.2) is 0 Å². The third-order valence-corrected chi connectivity index (χ3v) is 4.84. The standard InChI is InChI=1S/C14H26N2/c1-2-10-16(9-1)11-3-8-15-12-14(6-7-14)13-4-5-13/h13,15H,1-12H2. The van der Waals surface area contributed by atoms with Gasteiger partial charge in [-0.3, -0.25) is 0 Å². The van der Waals surface area contributed by atoms with Crippen molar-refractivity contribution in [2.24, 2.45) is 11.3 Å². The normalized spacial score (nSPS) is 28.5. The first kappa shape index (κ1) is 11.0. The second kappa shape index (κ2) is 4.66. The zero-order chi connectivity index (χ0) is 10.8. The van der Waals surface area contributed by atoms with E-state index in [-0.39, 0.29) is 0 Å². The topological polar surface area (TPSA) is 15.3 Å². The number of likely N-dealkylation sites (tertiary alicyclic amines) is 1. The molecule has 1 heterocycles. The molecule has 3 rings (SSSR count). The van der Waals surface area contributed by atoms with E-state index in [1.54, 1.807) is 0 Å². The van der Waals surface area contributed by atoms with E-state index >= 15 is 0 Å². The third kappa shape index (κ3) is 2.60. The predicted octanol–water partition coefficient (Wildman–Crippen LogP) is 2.25. The molecule has 0 bridgehead atoms. The van der Waals surface area contributed by atoms with Crippen LogP contribution in [0.5, 0.6) is 0 Å². The highest BCUT2D eigenvalue weighted by Crippen LogP contribution is 2.60. The van der Waals surface area contributed by atoms with Crippen LogP contribution in [-0.2, 0) is 0 Å². The van der Waals surface area contributed by atoms with Crippen molar-refractivity contribution in [2.45, 2.75) is 44.9 Å². The highest BCUT2D eigenvalue weighted by molar-refractivity contribution is 5.04. The maximum Gasteiger partial charge on any atom is 0.00105 e. The number of nitrogens with one attached hydrogen (secondary N) is 1. The number of hydrogen-bond donors (Lipinski definition) is 1. The Morgan fingerprint density at radius 3 is 2.50 bits per heavy atom. The second-order valence-corrected chi connectivity index (χ2v) is 6.22. The van der Waals surface area contributed by atoms with Gasteiger partial charge in [0, 0.05) is 6.54 Å². The van der Waals surface area contributed by atoms with Crippen molar-refractivity contribution < 1.29 is 0 Å². The van der Waals surface area contributed by atoms with Crippen LogP contribution in [-0.4, -0.2) is 37.6 Å². The van der Waals surface area contributed by atoms with Crippen molar-refractivity contribution in [1.29, 1.82) is 0 Å². The number of rotatable bonds is 7. The molecular formula is C14H26N2. The molecule has 0 unspecified atom stereocenters. The number of nitrogens with zero attached hydrogens (tertiary/aromatic N) is 1. The lowest BCUT2D eigenvalue weighted by Gasteiger charge is -2.17. The van der Waals surface area contributed by atoms with Gasteiger partial charge >= 0.3 is 0 Å². The molecule has 0 aromatic rings. The summed E-state index contributed by atoms with van der Waals surface area (Å²) in [7, 11) is 0. The molecule has 1 N–H and O–H groups in total. The Labute approximate surface area is 99.8 Å². The lowest BCUT2D eigenvalue weighted by Crippen LogP contribution is -2.29. The first-order valence-corrected chi connectivity index (χ1v) is 7.32. The van der Waals surface area contributed by atoms with Crippen LogP contribution >= 0.6 is 0 Å². The minimum absolute atomic E-state index is 0.785.